The fraction of sp³-hybridized carbons (Fsp3) is 0.500. The van der Waals surface area contributed by atoms with Crippen molar-refractivity contribution in [2.75, 3.05) is 26.4 Å². The summed E-state index contributed by atoms with van der Waals surface area (Å²) in [6.07, 6.45) is 4.88. The lowest BCUT2D eigenvalue weighted by molar-refractivity contribution is 0.0294. The number of carbonyl (C=O) groups excluding carboxylic acids is 1. The van der Waals surface area contributed by atoms with E-state index in [9.17, 15) is 4.79 Å². The second-order valence-corrected chi connectivity index (χ2v) is 7.93. The maximum Gasteiger partial charge on any atom is 0.254 e. The number of hydrogen-bond acceptors (Lipinski definition) is 4. The van der Waals surface area contributed by atoms with Crippen LogP contribution in [0.5, 0.6) is 5.75 Å². The first-order valence-electron chi connectivity index (χ1n) is 9.92. The number of ether oxygens (including phenoxy) is 2. The van der Waals surface area contributed by atoms with Crippen LogP contribution in [-0.2, 0) is 11.2 Å². The Morgan fingerprint density at radius 1 is 1.22 bits per heavy atom. The number of carbonyl (C=O) groups is 1. The minimum atomic E-state index is 0.110. The van der Waals surface area contributed by atoms with Crippen molar-refractivity contribution in [1.82, 2.24) is 4.90 Å². The zero-order chi connectivity index (χ0) is 18.9. The summed E-state index contributed by atoms with van der Waals surface area (Å²) < 4.78 is 11.2. The molecule has 1 aliphatic heterocycles. The van der Waals surface area contributed by atoms with Gasteiger partial charge in [0.2, 0.25) is 0 Å². The van der Waals surface area contributed by atoms with Gasteiger partial charge in [0.1, 0.15) is 5.75 Å². The molecular formula is C22H29NO3S. The molecule has 0 atom stereocenters. The molecule has 27 heavy (non-hydrogen) atoms. The van der Waals surface area contributed by atoms with E-state index in [2.05, 4.69) is 29.3 Å². The van der Waals surface area contributed by atoms with Crippen LogP contribution in [0.1, 0.15) is 47.8 Å². The van der Waals surface area contributed by atoms with Crippen molar-refractivity contribution in [2.45, 2.75) is 45.1 Å². The number of thiophene rings is 1. The normalized spacial score (nSPS) is 14.9. The fourth-order valence-electron chi connectivity index (χ4n) is 3.33. The topological polar surface area (TPSA) is 38.8 Å². The molecule has 0 unspecified atom stereocenters. The summed E-state index contributed by atoms with van der Waals surface area (Å²) in [6, 6.07) is 12.1. The van der Waals surface area contributed by atoms with Crippen LogP contribution >= 0.6 is 11.3 Å². The monoisotopic (exact) mass is 387 g/mol. The predicted molar refractivity (Wildman–Crippen MR) is 110 cm³/mol. The number of hydrogen-bond donors (Lipinski definition) is 0. The van der Waals surface area contributed by atoms with Gasteiger partial charge in [0.05, 0.1) is 6.61 Å². The van der Waals surface area contributed by atoms with Crippen LogP contribution < -0.4 is 4.74 Å². The zero-order valence-corrected chi connectivity index (χ0v) is 16.9. The molecule has 1 aromatic heterocycles. The molecule has 1 aliphatic rings. The largest absolute Gasteiger partial charge is 0.494 e. The van der Waals surface area contributed by atoms with Gasteiger partial charge in [-0.25, -0.2) is 0 Å². The lowest BCUT2D eigenvalue weighted by atomic mass is 10.0. The predicted octanol–water partition coefficient (Wildman–Crippen LogP) is 4.79. The van der Waals surface area contributed by atoms with E-state index in [-0.39, 0.29) is 11.9 Å². The van der Waals surface area contributed by atoms with Gasteiger partial charge < -0.3 is 14.4 Å². The smallest absolute Gasteiger partial charge is 0.254 e. The molecule has 2 aromatic rings. The fourth-order valence-corrected chi connectivity index (χ4v) is 4.02. The summed E-state index contributed by atoms with van der Waals surface area (Å²) in [5.74, 6) is 0.940. The summed E-state index contributed by atoms with van der Waals surface area (Å²) in [7, 11) is 0. The van der Waals surface area contributed by atoms with Crippen molar-refractivity contribution in [1.29, 1.82) is 0 Å². The standard InChI is InChI=1S/C22H29NO3S/c1-2-3-14-26-20-8-6-18(7-9-20)22(24)23(19-11-15-25-16-12-19)13-10-21-5-4-17-27-21/h4-9,17,19H,2-3,10-16H2,1H3. The molecule has 0 radical (unpaired) electrons. The Labute approximate surface area is 166 Å². The van der Waals surface area contributed by atoms with Gasteiger partial charge in [-0.15, -0.1) is 11.3 Å². The van der Waals surface area contributed by atoms with Gasteiger partial charge in [-0.3, -0.25) is 4.79 Å². The molecule has 0 spiro atoms. The summed E-state index contributed by atoms with van der Waals surface area (Å²) >= 11 is 1.75. The number of amides is 1. The molecule has 0 bridgehead atoms. The van der Waals surface area contributed by atoms with Crippen LogP contribution in [0.4, 0.5) is 0 Å². The maximum atomic E-state index is 13.2. The number of nitrogens with zero attached hydrogens (tertiary/aromatic N) is 1. The Morgan fingerprint density at radius 2 is 2.00 bits per heavy atom. The van der Waals surface area contributed by atoms with E-state index in [1.165, 1.54) is 4.88 Å². The lowest BCUT2D eigenvalue weighted by Gasteiger charge is -2.34. The Morgan fingerprint density at radius 3 is 2.67 bits per heavy atom. The molecule has 1 saturated heterocycles. The minimum Gasteiger partial charge on any atom is -0.494 e. The van der Waals surface area contributed by atoms with Gasteiger partial charge in [-0.1, -0.05) is 19.4 Å². The SMILES string of the molecule is CCCCOc1ccc(C(=O)N(CCc2cccs2)C2CCOCC2)cc1. The molecule has 0 aliphatic carbocycles. The second-order valence-electron chi connectivity index (χ2n) is 6.90. The summed E-state index contributed by atoms with van der Waals surface area (Å²) in [4.78, 5) is 16.6. The van der Waals surface area contributed by atoms with Crippen molar-refractivity contribution in [3.8, 4) is 5.75 Å². The van der Waals surface area contributed by atoms with E-state index in [4.69, 9.17) is 9.47 Å². The van der Waals surface area contributed by atoms with Crippen molar-refractivity contribution < 1.29 is 14.3 Å². The average molecular weight is 388 g/mol. The molecule has 4 nitrogen and oxygen atoms in total. The summed E-state index contributed by atoms with van der Waals surface area (Å²) in [6.45, 7) is 5.08. The molecule has 2 heterocycles. The molecule has 146 valence electrons. The molecule has 5 heteroatoms. The Hall–Kier alpha value is -1.85. The van der Waals surface area contributed by atoms with Crippen molar-refractivity contribution in [3.63, 3.8) is 0 Å². The number of rotatable bonds is 9. The van der Waals surface area contributed by atoms with Gasteiger partial charge in [0.25, 0.3) is 5.91 Å². The molecular weight excluding hydrogens is 358 g/mol. The van der Waals surface area contributed by atoms with Gasteiger partial charge in [-0.05, 0) is 61.4 Å². The van der Waals surface area contributed by atoms with Crippen molar-refractivity contribution in [2.24, 2.45) is 0 Å². The number of benzene rings is 1. The van der Waals surface area contributed by atoms with Crippen LogP contribution in [0.3, 0.4) is 0 Å². The average Bonchev–Trinajstić information content (AvgIpc) is 3.23. The van der Waals surface area contributed by atoms with E-state index in [0.717, 1.165) is 69.8 Å². The third kappa shape index (κ3) is 5.81. The summed E-state index contributed by atoms with van der Waals surface area (Å²) in [5, 5.41) is 2.09. The van der Waals surface area contributed by atoms with Crippen LogP contribution in [0.15, 0.2) is 41.8 Å². The highest BCUT2D eigenvalue weighted by molar-refractivity contribution is 7.09. The van der Waals surface area contributed by atoms with Crippen LogP contribution in [0.2, 0.25) is 0 Å². The highest BCUT2D eigenvalue weighted by Gasteiger charge is 2.26. The molecule has 0 N–H and O–H groups in total. The van der Waals surface area contributed by atoms with Crippen LogP contribution in [-0.4, -0.2) is 43.2 Å². The van der Waals surface area contributed by atoms with E-state index in [1.54, 1.807) is 11.3 Å². The van der Waals surface area contributed by atoms with Gasteiger partial charge in [0, 0.05) is 36.2 Å². The van der Waals surface area contributed by atoms with Gasteiger partial charge in [-0.2, -0.15) is 0 Å². The third-order valence-corrected chi connectivity index (χ3v) is 5.88. The molecule has 1 aromatic carbocycles. The van der Waals surface area contributed by atoms with Crippen molar-refractivity contribution in [3.05, 3.63) is 52.2 Å². The zero-order valence-electron chi connectivity index (χ0n) is 16.1. The Balaban J connectivity index is 1.67. The third-order valence-electron chi connectivity index (χ3n) is 4.94. The highest BCUT2D eigenvalue weighted by atomic mass is 32.1. The number of unbranched alkanes of at least 4 members (excludes halogenated alkanes) is 1. The van der Waals surface area contributed by atoms with Crippen LogP contribution in [0.25, 0.3) is 0 Å². The Bertz CT molecular complexity index is 678. The van der Waals surface area contributed by atoms with Gasteiger partial charge in [0.15, 0.2) is 0 Å². The minimum absolute atomic E-state index is 0.110. The lowest BCUT2D eigenvalue weighted by Crippen LogP contribution is -2.44. The van der Waals surface area contributed by atoms with Crippen molar-refractivity contribution >= 4 is 17.2 Å². The van der Waals surface area contributed by atoms with Crippen LogP contribution in [0, 0.1) is 0 Å². The summed E-state index contributed by atoms with van der Waals surface area (Å²) in [5.41, 5.74) is 0.732. The first-order chi connectivity index (χ1) is 13.3. The van der Waals surface area contributed by atoms with Gasteiger partial charge >= 0.3 is 0 Å². The Kier molecular flexibility index (Phi) is 7.72. The highest BCUT2D eigenvalue weighted by Crippen LogP contribution is 2.21. The molecule has 1 amide bonds. The molecule has 1 fully saturated rings. The molecule has 3 rings (SSSR count). The van der Waals surface area contributed by atoms with E-state index >= 15 is 0 Å². The van der Waals surface area contributed by atoms with E-state index in [1.807, 2.05) is 24.3 Å². The molecule has 0 saturated carbocycles. The second kappa shape index (κ2) is 10.5. The van der Waals surface area contributed by atoms with E-state index in [0.29, 0.717) is 0 Å². The quantitative estimate of drug-likeness (QED) is 0.581. The van der Waals surface area contributed by atoms with E-state index < -0.39 is 0 Å². The first-order valence-corrected chi connectivity index (χ1v) is 10.8. The maximum absolute atomic E-state index is 13.2. The first kappa shape index (κ1) is 19.9.